The number of hydrogen-bond donors (Lipinski definition) is 2. The highest BCUT2D eigenvalue weighted by molar-refractivity contribution is 6.70. The summed E-state index contributed by atoms with van der Waals surface area (Å²) in [5, 5.41) is 5.38. The molecule has 0 heterocycles. The van der Waals surface area contributed by atoms with Crippen molar-refractivity contribution in [1.29, 1.82) is 0 Å². The van der Waals surface area contributed by atoms with Crippen molar-refractivity contribution in [3.05, 3.63) is 83.4 Å². The predicted molar refractivity (Wildman–Crippen MR) is 183 cm³/mol. The van der Waals surface area contributed by atoms with Crippen LogP contribution in [-0.2, 0) is 20.4 Å². The van der Waals surface area contributed by atoms with Gasteiger partial charge in [0.05, 0.1) is 12.7 Å². The van der Waals surface area contributed by atoms with E-state index in [2.05, 4.69) is 64.3 Å². The topological polar surface area (TPSA) is 93.7 Å². The van der Waals surface area contributed by atoms with E-state index in [4.69, 9.17) is 32.7 Å². The number of hydrogen-bond acceptors (Lipinski definition) is 5. The summed E-state index contributed by atoms with van der Waals surface area (Å²) in [6.07, 6.45) is 1.45. The van der Waals surface area contributed by atoms with Crippen LogP contribution in [0.15, 0.2) is 66.7 Å². The zero-order valence-electron chi connectivity index (χ0n) is 27.3. The first-order valence-corrected chi connectivity index (χ1v) is 16.0. The molecule has 0 aliphatic heterocycles. The summed E-state index contributed by atoms with van der Waals surface area (Å²) in [4.78, 5) is 39.9. The SMILES string of the molecule is CCC(Oc1ccc(C(C)(C)CC)cc1C(C)(C)CC)C(=O)Nc1ccc(OC)c(C(=O)C(Cl)(Cl)C(=O)Nc2ccccc2)c1. The number of carbonyl (C=O) groups is 3. The number of alkyl halides is 2. The third-order valence-corrected chi connectivity index (χ3v) is 9.19. The molecule has 45 heavy (non-hydrogen) atoms. The van der Waals surface area contributed by atoms with E-state index in [0.717, 1.165) is 18.4 Å². The number of halogens is 2. The predicted octanol–water partition coefficient (Wildman–Crippen LogP) is 8.86. The molecule has 0 aliphatic rings. The van der Waals surface area contributed by atoms with Gasteiger partial charge in [-0.05, 0) is 72.1 Å². The van der Waals surface area contributed by atoms with Gasteiger partial charge in [-0.15, -0.1) is 0 Å². The Labute approximate surface area is 277 Å². The van der Waals surface area contributed by atoms with Crippen LogP contribution < -0.4 is 20.1 Å². The van der Waals surface area contributed by atoms with Crippen LogP contribution in [0.3, 0.4) is 0 Å². The molecule has 9 heteroatoms. The zero-order chi connectivity index (χ0) is 33.6. The molecule has 0 bridgehead atoms. The van der Waals surface area contributed by atoms with E-state index in [1.165, 1.54) is 24.8 Å². The van der Waals surface area contributed by atoms with E-state index >= 15 is 0 Å². The molecule has 7 nitrogen and oxygen atoms in total. The van der Waals surface area contributed by atoms with Gasteiger partial charge in [-0.3, -0.25) is 14.4 Å². The lowest BCUT2D eigenvalue weighted by Crippen LogP contribution is -2.40. The second-order valence-electron chi connectivity index (χ2n) is 12.3. The van der Waals surface area contributed by atoms with Crippen molar-refractivity contribution in [2.45, 2.75) is 89.0 Å². The van der Waals surface area contributed by atoms with Crippen LogP contribution >= 0.6 is 23.2 Å². The first kappa shape index (κ1) is 35.9. The van der Waals surface area contributed by atoms with Crippen LogP contribution in [0.2, 0.25) is 0 Å². The Kier molecular flexibility index (Phi) is 11.7. The lowest BCUT2D eigenvalue weighted by molar-refractivity contribution is -0.123. The molecule has 0 aromatic heterocycles. The maximum Gasteiger partial charge on any atom is 0.269 e. The smallest absolute Gasteiger partial charge is 0.269 e. The number of para-hydroxylation sites is 1. The lowest BCUT2D eigenvalue weighted by Gasteiger charge is -2.31. The third-order valence-electron chi connectivity index (χ3n) is 8.50. The largest absolute Gasteiger partial charge is 0.496 e. The second kappa shape index (κ2) is 14.7. The zero-order valence-corrected chi connectivity index (χ0v) is 28.9. The molecule has 1 unspecified atom stereocenters. The standard InChI is InChI=1S/C36H44Cl2N2O5/c1-9-28(45-30-19-17-23(34(4,5)10-2)21-27(30)35(6,7)11-3)32(42)39-25-18-20-29(44-8)26(22-25)31(41)36(37,38)33(43)40-24-15-13-12-14-16-24/h12-22,28H,9-11H2,1-8H3,(H,39,42)(H,40,43). The van der Waals surface area contributed by atoms with Crippen LogP contribution in [0.25, 0.3) is 0 Å². The molecule has 2 amide bonds. The van der Waals surface area contributed by atoms with Gasteiger partial charge in [0.2, 0.25) is 5.78 Å². The van der Waals surface area contributed by atoms with Crippen molar-refractivity contribution in [2.75, 3.05) is 17.7 Å². The van der Waals surface area contributed by atoms with E-state index in [-0.39, 0.29) is 27.8 Å². The number of carbonyl (C=O) groups excluding carboxylic acids is 3. The molecular formula is C36H44Cl2N2O5. The van der Waals surface area contributed by atoms with Gasteiger partial charge >= 0.3 is 0 Å². The molecule has 3 aromatic rings. The third kappa shape index (κ3) is 8.39. The number of Topliss-reactive ketones (excluding diaryl/α,β-unsaturated/α-hetero) is 1. The van der Waals surface area contributed by atoms with Gasteiger partial charge < -0.3 is 20.1 Å². The van der Waals surface area contributed by atoms with Crippen LogP contribution in [0.5, 0.6) is 11.5 Å². The second-order valence-corrected chi connectivity index (χ2v) is 13.7. The average Bonchev–Trinajstić information content (AvgIpc) is 3.03. The summed E-state index contributed by atoms with van der Waals surface area (Å²) in [6, 6.07) is 19.2. The summed E-state index contributed by atoms with van der Waals surface area (Å²) >= 11 is 12.6. The minimum atomic E-state index is -2.47. The molecule has 0 saturated heterocycles. The van der Waals surface area contributed by atoms with E-state index in [9.17, 15) is 14.4 Å². The Morgan fingerprint density at radius 2 is 1.40 bits per heavy atom. The van der Waals surface area contributed by atoms with Crippen LogP contribution in [0, 0.1) is 0 Å². The van der Waals surface area contributed by atoms with E-state index in [1.54, 1.807) is 36.4 Å². The Bertz CT molecular complexity index is 1520. The molecule has 1 atom stereocenters. The van der Waals surface area contributed by atoms with Gasteiger partial charge in [0.15, 0.2) is 6.10 Å². The minimum Gasteiger partial charge on any atom is -0.496 e. The molecule has 0 spiro atoms. The average molecular weight is 656 g/mol. The van der Waals surface area contributed by atoms with Gasteiger partial charge in [0.25, 0.3) is 16.1 Å². The maximum atomic E-state index is 13.5. The molecular weight excluding hydrogens is 611 g/mol. The maximum absolute atomic E-state index is 13.5. The van der Waals surface area contributed by atoms with E-state index < -0.39 is 28.0 Å². The van der Waals surface area contributed by atoms with Crippen molar-refractivity contribution in [2.24, 2.45) is 0 Å². The summed E-state index contributed by atoms with van der Waals surface area (Å²) in [5.74, 6) is -1.43. The van der Waals surface area contributed by atoms with Crippen molar-refractivity contribution < 1.29 is 23.9 Å². The van der Waals surface area contributed by atoms with Gasteiger partial charge in [0.1, 0.15) is 11.5 Å². The number of ketones is 1. The molecule has 0 saturated carbocycles. The summed E-state index contributed by atoms with van der Waals surface area (Å²) in [5.41, 5.74) is 2.71. The number of amides is 2. The fraction of sp³-hybridized carbons (Fsp3) is 0.417. The molecule has 3 rings (SSSR count). The fourth-order valence-electron chi connectivity index (χ4n) is 4.64. The van der Waals surface area contributed by atoms with Gasteiger partial charge in [-0.1, -0.05) is 102 Å². The summed E-state index contributed by atoms with van der Waals surface area (Å²) < 4.78 is 9.27. The number of benzene rings is 3. The van der Waals surface area contributed by atoms with E-state index in [0.29, 0.717) is 17.9 Å². The number of methoxy groups -OCH3 is 1. The van der Waals surface area contributed by atoms with Crippen molar-refractivity contribution in [3.63, 3.8) is 0 Å². The highest BCUT2D eigenvalue weighted by atomic mass is 35.5. The monoisotopic (exact) mass is 654 g/mol. The molecule has 2 N–H and O–H groups in total. The molecule has 0 aliphatic carbocycles. The van der Waals surface area contributed by atoms with Crippen molar-refractivity contribution in [1.82, 2.24) is 0 Å². The molecule has 242 valence electrons. The van der Waals surface area contributed by atoms with Crippen LogP contribution in [0.1, 0.15) is 89.2 Å². The summed E-state index contributed by atoms with van der Waals surface area (Å²) in [6.45, 7) is 14.9. The Morgan fingerprint density at radius 3 is 1.98 bits per heavy atom. The van der Waals surface area contributed by atoms with Gasteiger partial charge in [-0.2, -0.15) is 0 Å². The molecule has 0 radical (unpaired) electrons. The Morgan fingerprint density at radius 1 is 0.778 bits per heavy atom. The normalized spacial score (nSPS) is 12.7. The first-order chi connectivity index (χ1) is 21.1. The Hall–Kier alpha value is -3.55. The lowest BCUT2D eigenvalue weighted by atomic mass is 9.76. The van der Waals surface area contributed by atoms with Gasteiger partial charge in [0, 0.05) is 16.9 Å². The Balaban J connectivity index is 1.88. The fourth-order valence-corrected chi connectivity index (χ4v) is 4.94. The number of nitrogens with one attached hydrogen (secondary N) is 2. The minimum absolute atomic E-state index is 0.00594. The highest BCUT2D eigenvalue weighted by Crippen LogP contribution is 2.39. The summed E-state index contributed by atoms with van der Waals surface area (Å²) in [7, 11) is 1.38. The van der Waals surface area contributed by atoms with Crippen LogP contribution in [0.4, 0.5) is 11.4 Å². The van der Waals surface area contributed by atoms with Crippen molar-refractivity contribution in [3.8, 4) is 11.5 Å². The highest BCUT2D eigenvalue weighted by Gasteiger charge is 2.44. The molecule has 0 fully saturated rings. The van der Waals surface area contributed by atoms with Crippen LogP contribution in [-0.4, -0.2) is 35.1 Å². The number of anilines is 2. The quantitative estimate of drug-likeness (QED) is 0.103. The number of rotatable bonds is 14. The van der Waals surface area contributed by atoms with E-state index in [1.807, 2.05) is 13.0 Å². The van der Waals surface area contributed by atoms with Gasteiger partial charge in [-0.25, -0.2) is 0 Å². The van der Waals surface area contributed by atoms with Crippen molar-refractivity contribution >= 4 is 52.2 Å². The first-order valence-electron chi connectivity index (χ1n) is 15.2. The molecule has 3 aromatic carbocycles. The number of ether oxygens (including phenoxy) is 2.